The zero-order valence-corrected chi connectivity index (χ0v) is 11.0. The van der Waals surface area contributed by atoms with Crippen LogP contribution in [0.15, 0.2) is 0 Å². The summed E-state index contributed by atoms with van der Waals surface area (Å²) in [5, 5.41) is 8.76. The summed E-state index contributed by atoms with van der Waals surface area (Å²) in [5.41, 5.74) is 0.329. The molecule has 16 heavy (non-hydrogen) atoms. The lowest BCUT2D eigenvalue weighted by Crippen LogP contribution is -2.32. The van der Waals surface area contributed by atoms with Gasteiger partial charge in [0.15, 0.2) is 0 Å². The van der Waals surface area contributed by atoms with Crippen LogP contribution in [-0.4, -0.2) is 17.5 Å². The summed E-state index contributed by atoms with van der Waals surface area (Å²) < 4.78 is 0. The Morgan fingerprint density at radius 1 is 1.31 bits per heavy atom. The van der Waals surface area contributed by atoms with E-state index in [1.54, 1.807) is 0 Å². The smallest absolute Gasteiger partial charge is 0.135 e. The van der Waals surface area contributed by atoms with Gasteiger partial charge >= 0.3 is 0 Å². The third kappa shape index (κ3) is 3.89. The molecule has 0 spiro atoms. The summed E-state index contributed by atoms with van der Waals surface area (Å²) in [6, 6.07) is 0. The summed E-state index contributed by atoms with van der Waals surface area (Å²) in [6.07, 6.45) is 5.71. The van der Waals surface area contributed by atoms with Crippen molar-refractivity contribution in [2.75, 3.05) is 6.61 Å². The van der Waals surface area contributed by atoms with E-state index >= 15 is 0 Å². The van der Waals surface area contributed by atoms with Crippen LogP contribution in [0.5, 0.6) is 0 Å². The Kier molecular flexibility index (Phi) is 4.97. The molecule has 0 aromatic heterocycles. The second-order valence-corrected chi connectivity index (χ2v) is 6.22. The molecule has 1 saturated carbocycles. The average Bonchev–Trinajstić information content (AvgIpc) is 2.19. The number of hydrogen-bond acceptors (Lipinski definition) is 2. The van der Waals surface area contributed by atoms with Crippen molar-refractivity contribution in [1.29, 1.82) is 0 Å². The Morgan fingerprint density at radius 2 is 2.00 bits per heavy atom. The van der Waals surface area contributed by atoms with E-state index in [0.717, 1.165) is 38.5 Å². The van der Waals surface area contributed by atoms with Crippen molar-refractivity contribution in [2.45, 2.75) is 59.3 Å². The lowest BCUT2D eigenvalue weighted by molar-refractivity contribution is -0.126. The zero-order chi connectivity index (χ0) is 12.2. The minimum atomic E-state index is 0.254. The molecule has 0 radical (unpaired) electrons. The van der Waals surface area contributed by atoms with Gasteiger partial charge in [0.05, 0.1) is 0 Å². The molecule has 0 amide bonds. The SMILES string of the molecule is CC(C)(C)C1CCC(=O)C(CCCCO)C1. The summed E-state index contributed by atoms with van der Waals surface area (Å²) in [7, 11) is 0. The lowest BCUT2D eigenvalue weighted by Gasteiger charge is -2.37. The Balaban J connectivity index is 2.45. The first kappa shape index (κ1) is 13.7. The van der Waals surface area contributed by atoms with Gasteiger partial charge in [0.1, 0.15) is 5.78 Å². The third-order valence-corrected chi connectivity index (χ3v) is 3.95. The monoisotopic (exact) mass is 226 g/mol. The van der Waals surface area contributed by atoms with Crippen LogP contribution >= 0.6 is 0 Å². The van der Waals surface area contributed by atoms with E-state index in [1.165, 1.54) is 0 Å². The average molecular weight is 226 g/mol. The molecule has 2 unspecified atom stereocenters. The minimum Gasteiger partial charge on any atom is -0.396 e. The van der Waals surface area contributed by atoms with E-state index in [9.17, 15) is 4.79 Å². The molecule has 0 heterocycles. The Labute approximate surface area is 99.4 Å². The van der Waals surface area contributed by atoms with Crippen LogP contribution in [0.4, 0.5) is 0 Å². The fourth-order valence-corrected chi connectivity index (χ4v) is 2.68. The zero-order valence-electron chi connectivity index (χ0n) is 11.0. The number of carbonyl (C=O) groups is 1. The standard InChI is InChI=1S/C14H26O2/c1-14(2,3)12-7-8-13(16)11(10-12)6-4-5-9-15/h11-12,15H,4-10H2,1-3H3. The van der Waals surface area contributed by atoms with E-state index in [2.05, 4.69) is 20.8 Å². The van der Waals surface area contributed by atoms with Crippen LogP contribution in [0.25, 0.3) is 0 Å². The highest BCUT2D eigenvalue weighted by Crippen LogP contribution is 2.40. The number of aliphatic hydroxyl groups excluding tert-OH is 1. The Bertz CT molecular complexity index is 227. The minimum absolute atomic E-state index is 0.254. The van der Waals surface area contributed by atoms with Crippen molar-refractivity contribution in [3.05, 3.63) is 0 Å². The number of rotatable bonds is 4. The fraction of sp³-hybridized carbons (Fsp3) is 0.929. The van der Waals surface area contributed by atoms with Crippen LogP contribution in [0, 0.1) is 17.3 Å². The first-order valence-electron chi connectivity index (χ1n) is 6.58. The number of Topliss-reactive ketones (excluding diaryl/α,β-unsaturated/α-hetero) is 1. The highest BCUT2D eigenvalue weighted by molar-refractivity contribution is 5.81. The van der Waals surface area contributed by atoms with Crippen LogP contribution in [0.2, 0.25) is 0 Å². The van der Waals surface area contributed by atoms with E-state index in [1.807, 2.05) is 0 Å². The summed E-state index contributed by atoms with van der Waals surface area (Å²) in [4.78, 5) is 11.8. The van der Waals surface area contributed by atoms with Gasteiger partial charge in [0, 0.05) is 18.9 Å². The molecule has 2 heteroatoms. The second-order valence-electron chi connectivity index (χ2n) is 6.22. The summed E-state index contributed by atoms with van der Waals surface area (Å²) in [5.74, 6) is 1.41. The quantitative estimate of drug-likeness (QED) is 0.748. The predicted octanol–water partition coefficient (Wildman–Crippen LogP) is 3.18. The Morgan fingerprint density at radius 3 is 2.56 bits per heavy atom. The molecule has 1 rings (SSSR count). The molecule has 0 aromatic rings. The first-order valence-corrected chi connectivity index (χ1v) is 6.58. The molecule has 1 aliphatic carbocycles. The van der Waals surface area contributed by atoms with Gasteiger partial charge in [-0.2, -0.15) is 0 Å². The van der Waals surface area contributed by atoms with Crippen molar-refractivity contribution in [3.63, 3.8) is 0 Å². The van der Waals surface area contributed by atoms with Crippen molar-refractivity contribution in [3.8, 4) is 0 Å². The van der Waals surface area contributed by atoms with Gasteiger partial charge in [-0.15, -0.1) is 0 Å². The summed E-state index contributed by atoms with van der Waals surface area (Å²) in [6.45, 7) is 7.08. The van der Waals surface area contributed by atoms with Gasteiger partial charge in [0.2, 0.25) is 0 Å². The van der Waals surface area contributed by atoms with Gasteiger partial charge in [0.25, 0.3) is 0 Å². The molecule has 1 fully saturated rings. The molecule has 1 aliphatic rings. The normalized spacial score (nSPS) is 27.1. The van der Waals surface area contributed by atoms with E-state index in [0.29, 0.717) is 17.1 Å². The molecule has 0 bridgehead atoms. The number of unbranched alkanes of at least 4 members (excludes halogenated alkanes) is 1. The number of hydrogen-bond donors (Lipinski definition) is 1. The topological polar surface area (TPSA) is 37.3 Å². The van der Waals surface area contributed by atoms with Gasteiger partial charge < -0.3 is 5.11 Å². The van der Waals surface area contributed by atoms with E-state index < -0.39 is 0 Å². The summed E-state index contributed by atoms with van der Waals surface area (Å²) >= 11 is 0. The molecule has 0 aromatic carbocycles. The molecule has 2 nitrogen and oxygen atoms in total. The van der Waals surface area contributed by atoms with Crippen molar-refractivity contribution in [2.24, 2.45) is 17.3 Å². The maximum atomic E-state index is 11.8. The van der Waals surface area contributed by atoms with Crippen LogP contribution < -0.4 is 0 Å². The molecule has 1 N–H and O–H groups in total. The fourth-order valence-electron chi connectivity index (χ4n) is 2.68. The van der Waals surface area contributed by atoms with Gasteiger partial charge in [-0.25, -0.2) is 0 Å². The van der Waals surface area contributed by atoms with Crippen LogP contribution in [0.3, 0.4) is 0 Å². The van der Waals surface area contributed by atoms with Crippen molar-refractivity contribution in [1.82, 2.24) is 0 Å². The molecule has 94 valence electrons. The highest BCUT2D eigenvalue weighted by Gasteiger charge is 2.34. The van der Waals surface area contributed by atoms with Gasteiger partial charge in [-0.1, -0.05) is 27.2 Å². The second kappa shape index (κ2) is 5.81. The molecule has 2 atom stereocenters. The molecule has 0 aliphatic heterocycles. The van der Waals surface area contributed by atoms with Gasteiger partial charge in [-0.05, 0) is 37.0 Å². The van der Waals surface area contributed by atoms with Gasteiger partial charge in [-0.3, -0.25) is 4.79 Å². The lowest BCUT2D eigenvalue weighted by atomic mass is 9.68. The van der Waals surface area contributed by atoms with E-state index in [-0.39, 0.29) is 12.5 Å². The number of carbonyl (C=O) groups excluding carboxylic acids is 1. The predicted molar refractivity (Wildman–Crippen MR) is 66.2 cm³/mol. The largest absolute Gasteiger partial charge is 0.396 e. The Hall–Kier alpha value is -0.370. The first-order chi connectivity index (χ1) is 7.45. The van der Waals surface area contributed by atoms with Crippen LogP contribution in [0.1, 0.15) is 59.3 Å². The van der Waals surface area contributed by atoms with Crippen molar-refractivity contribution >= 4 is 5.78 Å². The van der Waals surface area contributed by atoms with Crippen molar-refractivity contribution < 1.29 is 9.90 Å². The number of aliphatic hydroxyl groups is 1. The number of ketones is 1. The maximum Gasteiger partial charge on any atom is 0.135 e. The molecule has 0 saturated heterocycles. The van der Waals surface area contributed by atoms with Crippen LogP contribution in [-0.2, 0) is 4.79 Å². The maximum absolute atomic E-state index is 11.8. The van der Waals surface area contributed by atoms with E-state index in [4.69, 9.17) is 5.11 Å². The third-order valence-electron chi connectivity index (χ3n) is 3.95. The molecular weight excluding hydrogens is 200 g/mol. The highest BCUT2D eigenvalue weighted by atomic mass is 16.2. The molecular formula is C14H26O2.